The molecule has 1 atom stereocenters. The summed E-state index contributed by atoms with van der Waals surface area (Å²) < 4.78 is 0. The van der Waals surface area contributed by atoms with Gasteiger partial charge >= 0.3 is 0 Å². The van der Waals surface area contributed by atoms with Gasteiger partial charge in [0.2, 0.25) is 5.91 Å². The van der Waals surface area contributed by atoms with Crippen molar-refractivity contribution in [2.45, 2.75) is 44.9 Å². The van der Waals surface area contributed by atoms with Gasteiger partial charge in [0.1, 0.15) is 11.6 Å². The summed E-state index contributed by atoms with van der Waals surface area (Å²) in [7, 11) is 0. The molecule has 1 aliphatic heterocycles. The second kappa shape index (κ2) is 10.2. The minimum Gasteiger partial charge on any atom is -0.370 e. The number of nitrogens with zero attached hydrogens (tertiary/aromatic N) is 2. The molecule has 1 saturated heterocycles. The number of hydrogen-bond donors (Lipinski definition) is 3. The lowest BCUT2D eigenvalue weighted by Crippen LogP contribution is -2.37. The van der Waals surface area contributed by atoms with Crippen molar-refractivity contribution in [3.05, 3.63) is 35.5 Å². The van der Waals surface area contributed by atoms with Gasteiger partial charge in [0, 0.05) is 24.8 Å². The quantitative estimate of drug-likeness (QED) is 0.621. The van der Waals surface area contributed by atoms with E-state index in [2.05, 4.69) is 20.9 Å². The summed E-state index contributed by atoms with van der Waals surface area (Å²) in [6.07, 6.45) is 10.1. The molecule has 4 rings (SSSR count). The second-order valence-electron chi connectivity index (χ2n) is 8.37. The molecule has 2 aliphatic rings. The van der Waals surface area contributed by atoms with E-state index in [-0.39, 0.29) is 11.8 Å². The van der Waals surface area contributed by atoms with E-state index < -0.39 is 0 Å². The van der Waals surface area contributed by atoms with Crippen molar-refractivity contribution in [3.63, 3.8) is 0 Å². The van der Waals surface area contributed by atoms with Crippen LogP contribution >= 0.6 is 11.6 Å². The Morgan fingerprint density at radius 2 is 2.00 bits per heavy atom. The van der Waals surface area contributed by atoms with Gasteiger partial charge in [-0.25, -0.2) is 9.97 Å². The molecular weight excluding hydrogens is 398 g/mol. The highest BCUT2D eigenvalue weighted by molar-refractivity contribution is 6.33. The topological polar surface area (TPSA) is 78.9 Å². The molecule has 160 valence electrons. The van der Waals surface area contributed by atoms with Crippen LogP contribution in [0.25, 0.3) is 11.3 Å². The van der Waals surface area contributed by atoms with Gasteiger partial charge in [-0.3, -0.25) is 4.79 Å². The lowest BCUT2D eigenvalue weighted by Gasteiger charge is -2.22. The van der Waals surface area contributed by atoms with Crippen LogP contribution in [0.5, 0.6) is 0 Å². The summed E-state index contributed by atoms with van der Waals surface area (Å²) in [5, 5.41) is 10.2. The molecule has 0 radical (unpaired) electrons. The predicted molar refractivity (Wildman–Crippen MR) is 122 cm³/mol. The Morgan fingerprint density at radius 3 is 2.80 bits per heavy atom. The van der Waals surface area contributed by atoms with Crippen molar-refractivity contribution in [2.75, 3.05) is 30.3 Å². The third-order valence-electron chi connectivity index (χ3n) is 6.10. The number of pyridine rings is 2. The Kier molecular flexibility index (Phi) is 7.18. The fourth-order valence-corrected chi connectivity index (χ4v) is 4.53. The van der Waals surface area contributed by atoms with E-state index in [4.69, 9.17) is 16.6 Å². The molecular formula is C23H30ClN5O. The number of nitrogens with one attached hydrogen (secondary N) is 3. The predicted octanol–water partition coefficient (Wildman–Crippen LogP) is 4.73. The van der Waals surface area contributed by atoms with Gasteiger partial charge in [-0.05, 0) is 56.3 Å². The van der Waals surface area contributed by atoms with Crippen LogP contribution < -0.4 is 16.0 Å². The number of rotatable bonds is 6. The van der Waals surface area contributed by atoms with Crippen LogP contribution in [-0.4, -0.2) is 35.5 Å². The molecule has 7 heteroatoms. The third kappa shape index (κ3) is 5.49. The van der Waals surface area contributed by atoms with Crippen molar-refractivity contribution >= 4 is 29.1 Å². The van der Waals surface area contributed by atoms with Crippen molar-refractivity contribution in [1.29, 1.82) is 0 Å². The Balaban J connectivity index is 1.45. The number of piperidine rings is 1. The monoisotopic (exact) mass is 427 g/mol. The number of hydrogen-bond acceptors (Lipinski definition) is 5. The molecule has 0 spiro atoms. The molecule has 30 heavy (non-hydrogen) atoms. The van der Waals surface area contributed by atoms with Gasteiger partial charge in [-0.15, -0.1) is 0 Å². The average molecular weight is 428 g/mol. The zero-order chi connectivity index (χ0) is 20.8. The van der Waals surface area contributed by atoms with E-state index >= 15 is 0 Å². The average Bonchev–Trinajstić information content (AvgIpc) is 2.80. The van der Waals surface area contributed by atoms with Crippen molar-refractivity contribution in [2.24, 2.45) is 11.8 Å². The zero-order valence-electron chi connectivity index (χ0n) is 17.3. The van der Waals surface area contributed by atoms with Crippen LogP contribution in [0.4, 0.5) is 11.6 Å². The summed E-state index contributed by atoms with van der Waals surface area (Å²) in [4.78, 5) is 21.6. The highest BCUT2D eigenvalue weighted by Gasteiger charge is 2.21. The molecule has 2 aromatic rings. The number of halogens is 1. The first-order chi connectivity index (χ1) is 14.7. The molecule has 1 aliphatic carbocycles. The Bertz CT molecular complexity index is 862. The molecule has 2 aromatic heterocycles. The fourth-order valence-electron chi connectivity index (χ4n) is 4.33. The van der Waals surface area contributed by atoms with Gasteiger partial charge < -0.3 is 16.0 Å². The maximum absolute atomic E-state index is 12.5. The second-order valence-corrected chi connectivity index (χ2v) is 8.78. The molecule has 0 aromatic carbocycles. The van der Waals surface area contributed by atoms with E-state index in [1.54, 1.807) is 6.20 Å². The Morgan fingerprint density at radius 1 is 1.13 bits per heavy atom. The molecule has 1 amide bonds. The Labute approximate surface area is 183 Å². The molecule has 6 nitrogen and oxygen atoms in total. The van der Waals surface area contributed by atoms with Gasteiger partial charge in [-0.1, -0.05) is 36.9 Å². The van der Waals surface area contributed by atoms with E-state index in [9.17, 15) is 4.79 Å². The summed E-state index contributed by atoms with van der Waals surface area (Å²) in [6, 6.07) is 7.71. The standard InChI is InChI=1S/C23H30ClN5O/c24-19-15-27-22(29-23(30)17-8-5-11-25-14-17)12-18(19)20-9-4-10-21(28-20)26-13-16-6-2-1-3-7-16/h4,9-10,12,15-17,25H,1-3,5-8,11,13-14H2,(H,26,28)(H,27,29,30)/t17-/m0/s1. The van der Waals surface area contributed by atoms with E-state index in [1.807, 2.05) is 24.3 Å². The van der Waals surface area contributed by atoms with Gasteiger partial charge in [0.15, 0.2) is 0 Å². The number of amides is 1. The van der Waals surface area contributed by atoms with Crippen LogP contribution in [-0.2, 0) is 4.79 Å². The highest BCUT2D eigenvalue weighted by atomic mass is 35.5. The van der Waals surface area contributed by atoms with Crippen molar-refractivity contribution < 1.29 is 4.79 Å². The minimum absolute atomic E-state index is 0.00108. The first-order valence-corrected chi connectivity index (χ1v) is 11.5. The number of carbonyl (C=O) groups excluding carboxylic acids is 1. The molecule has 1 saturated carbocycles. The highest BCUT2D eigenvalue weighted by Crippen LogP contribution is 2.29. The summed E-state index contributed by atoms with van der Waals surface area (Å²) in [5.41, 5.74) is 1.54. The maximum Gasteiger partial charge on any atom is 0.229 e. The minimum atomic E-state index is -0.0230. The van der Waals surface area contributed by atoms with Gasteiger partial charge in [0.05, 0.1) is 16.6 Å². The first-order valence-electron chi connectivity index (χ1n) is 11.1. The largest absolute Gasteiger partial charge is 0.370 e. The SMILES string of the molecule is O=C(Nc1cc(-c2cccc(NCC3CCCCC3)n2)c(Cl)cn1)[C@H]1CCCNC1. The van der Waals surface area contributed by atoms with E-state index in [0.29, 0.717) is 17.4 Å². The molecule has 3 N–H and O–H groups in total. The van der Waals surface area contributed by atoms with Crippen molar-refractivity contribution in [3.8, 4) is 11.3 Å². The third-order valence-corrected chi connectivity index (χ3v) is 6.40. The zero-order valence-corrected chi connectivity index (χ0v) is 18.0. The van der Waals surface area contributed by atoms with Gasteiger partial charge in [0.25, 0.3) is 0 Å². The van der Waals surface area contributed by atoms with Crippen LogP contribution in [0.2, 0.25) is 5.02 Å². The van der Waals surface area contributed by atoms with Crippen LogP contribution in [0.15, 0.2) is 30.5 Å². The number of aromatic nitrogens is 2. The molecule has 2 fully saturated rings. The molecule has 0 bridgehead atoms. The lowest BCUT2D eigenvalue weighted by atomic mass is 9.89. The smallest absolute Gasteiger partial charge is 0.229 e. The van der Waals surface area contributed by atoms with E-state index in [1.165, 1.54) is 32.1 Å². The number of anilines is 2. The van der Waals surface area contributed by atoms with Crippen LogP contribution in [0.3, 0.4) is 0 Å². The van der Waals surface area contributed by atoms with E-state index in [0.717, 1.165) is 48.9 Å². The van der Waals surface area contributed by atoms with Gasteiger partial charge in [-0.2, -0.15) is 0 Å². The summed E-state index contributed by atoms with van der Waals surface area (Å²) in [5.74, 6) is 2.06. The molecule has 0 unspecified atom stereocenters. The summed E-state index contributed by atoms with van der Waals surface area (Å²) >= 11 is 6.42. The van der Waals surface area contributed by atoms with Crippen LogP contribution in [0, 0.1) is 11.8 Å². The normalized spacial score (nSPS) is 20.0. The van der Waals surface area contributed by atoms with Crippen molar-refractivity contribution in [1.82, 2.24) is 15.3 Å². The maximum atomic E-state index is 12.5. The number of carbonyl (C=O) groups is 1. The fraction of sp³-hybridized carbons (Fsp3) is 0.522. The van der Waals surface area contributed by atoms with Crippen LogP contribution in [0.1, 0.15) is 44.9 Å². The first kappa shape index (κ1) is 21.1. The lowest BCUT2D eigenvalue weighted by molar-refractivity contribution is -0.120. The molecule has 3 heterocycles. The summed E-state index contributed by atoms with van der Waals surface area (Å²) in [6.45, 7) is 2.64. The Hall–Kier alpha value is -2.18.